The number of rotatable bonds is 8. The summed E-state index contributed by atoms with van der Waals surface area (Å²) in [4.78, 5) is 22.7. The molecular formula is C13H23NO4. The van der Waals surface area contributed by atoms with E-state index in [0.29, 0.717) is 18.9 Å². The van der Waals surface area contributed by atoms with E-state index in [-0.39, 0.29) is 12.3 Å². The van der Waals surface area contributed by atoms with E-state index in [1.54, 1.807) is 13.8 Å². The van der Waals surface area contributed by atoms with Gasteiger partial charge in [-0.15, -0.1) is 0 Å². The predicted molar refractivity (Wildman–Crippen MR) is 67.2 cm³/mol. The minimum absolute atomic E-state index is 0.0788. The molecule has 0 aromatic heterocycles. The molecule has 0 spiro atoms. The number of nitrogens with one attached hydrogen (secondary N) is 1. The second-order valence-electron chi connectivity index (χ2n) is 5.39. The molecule has 1 aliphatic carbocycles. The molecule has 0 radical (unpaired) electrons. The SMILES string of the molecule is CC[C@@](C)(CC(=O)O)NC(=O)[C@H](C)OCC1CC1. The Morgan fingerprint density at radius 2 is 2.11 bits per heavy atom. The van der Waals surface area contributed by atoms with Crippen molar-refractivity contribution in [1.29, 1.82) is 0 Å². The second-order valence-corrected chi connectivity index (χ2v) is 5.39. The first-order valence-electron chi connectivity index (χ1n) is 6.51. The highest BCUT2D eigenvalue weighted by atomic mass is 16.5. The quantitative estimate of drug-likeness (QED) is 0.692. The van der Waals surface area contributed by atoms with Crippen LogP contribution in [0.1, 0.15) is 46.5 Å². The van der Waals surface area contributed by atoms with Crippen molar-refractivity contribution in [2.24, 2.45) is 5.92 Å². The van der Waals surface area contributed by atoms with Crippen molar-refractivity contribution in [3.8, 4) is 0 Å². The van der Waals surface area contributed by atoms with Crippen LogP contribution in [-0.4, -0.2) is 35.2 Å². The summed E-state index contributed by atoms with van der Waals surface area (Å²) >= 11 is 0. The fraction of sp³-hybridized carbons (Fsp3) is 0.846. The number of hydrogen-bond donors (Lipinski definition) is 2. The number of aliphatic carboxylic acids is 1. The third-order valence-electron chi connectivity index (χ3n) is 3.39. The monoisotopic (exact) mass is 257 g/mol. The summed E-state index contributed by atoms with van der Waals surface area (Å²) in [5.41, 5.74) is -0.708. The second kappa shape index (κ2) is 6.18. The Kier molecular flexibility index (Phi) is 5.14. The number of amides is 1. The number of carbonyl (C=O) groups is 2. The molecule has 0 aromatic carbocycles. The average Bonchev–Trinajstić information content (AvgIpc) is 3.08. The first kappa shape index (κ1) is 15.0. The van der Waals surface area contributed by atoms with E-state index in [9.17, 15) is 9.59 Å². The summed E-state index contributed by atoms with van der Waals surface area (Å²) in [5, 5.41) is 11.6. The maximum absolute atomic E-state index is 11.9. The maximum atomic E-state index is 11.9. The first-order chi connectivity index (χ1) is 8.36. The molecule has 18 heavy (non-hydrogen) atoms. The zero-order valence-electron chi connectivity index (χ0n) is 11.4. The van der Waals surface area contributed by atoms with Crippen LogP contribution in [0.25, 0.3) is 0 Å². The van der Waals surface area contributed by atoms with Crippen LogP contribution in [0.4, 0.5) is 0 Å². The van der Waals surface area contributed by atoms with Crippen LogP contribution in [-0.2, 0) is 14.3 Å². The highest BCUT2D eigenvalue weighted by Crippen LogP contribution is 2.29. The van der Waals surface area contributed by atoms with E-state index in [2.05, 4.69) is 5.32 Å². The molecule has 104 valence electrons. The van der Waals surface area contributed by atoms with E-state index in [0.717, 1.165) is 0 Å². The highest BCUT2D eigenvalue weighted by molar-refractivity contribution is 5.82. The minimum atomic E-state index is -0.911. The molecule has 1 saturated carbocycles. The number of ether oxygens (including phenoxy) is 1. The van der Waals surface area contributed by atoms with Crippen LogP contribution in [0, 0.1) is 5.92 Å². The van der Waals surface area contributed by atoms with Crippen molar-refractivity contribution in [3.05, 3.63) is 0 Å². The Bertz CT molecular complexity index is 314. The van der Waals surface area contributed by atoms with Gasteiger partial charge in [-0.1, -0.05) is 6.92 Å². The lowest BCUT2D eigenvalue weighted by Gasteiger charge is -2.29. The van der Waals surface area contributed by atoms with Crippen molar-refractivity contribution in [3.63, 3.8) is 0 Å². The zero-order chi connectivity index (χ0) is 13.8. The minimum Gasteiger partial charge on any atom is -0.481 e. The van der Waals surface area contributed by atoms with E-state index >= 15 is 0 Å². The molecule has 0 heterocycles. The summed E-state index contributed by atoms with van der Waals surface area (Å²) in [5.74, 6) is -0.538. The third kappa shape index (κ3) is 5.04. The van der Waals surface area contributed by atoms with Crippen molar-refractivity contribution in [2.75, 3.05) is 6.61 Å². The van der Waals surface area contributed by atoms with E-state index in [1.807, 2.05) is 6.92 Å². The van der Waals surface area contributed by atoms with Gasteiger partial charge in [0.05, 0.1) is 13.0 Å². The van der Waals surface area contributed by atoms with E-state index in [1.165, 1.54) is 12.8 Å². The van der Waals surface area contributed by atoms with Gasteiger partial charge in [-0.3, -0.25) is 9.59 Å². The Morgan fingerprint density at radius 1 is 1.50 bits per heavy atom. The Labute approximate surface area is 108 Å². The van der Waals surface area contributed by atoms with Gasteiger partial charge in [0.1, 0.15) is 6.10 Å². The van der Waals surface area contributed by atoms with Crippen LogP contribution in [0.3, 0.4) is 0 Å². The number of carboxylic acid groups (broad SMARTS) is 1. The third-order valence-corrected chi connectivity index (χ3v) is 3.39. The molecule has 5 heteroatoms. The molecule has 2 atom stereocenters. The van der Waals surface area contributed by atoms with Gasteiger partial charge in [-0.05, 0) is 39.0 Å². The molecule has 0 unspecified atom stereocenters. The number of carbonyl (C=O) groups excluding carboxylic acids is 1. The molecule has 0 aromatic rings. The Morgan fingerprint density at radius 3 is 2.56 bits per heavy atom. The molecule has 2 N–H and O–H groups in total. The molecule has 1 amide bonds. The van der Waals surface area contributed by atoms with Gasteiger partial charge >= 0.3 is 5.97 Å². The van der Waals surface area contributed by atoms with Crippen LogP contribution in [0.15, 0.2) is 0 Å². The smallest absolute Gasteiger partial charge is 0.305 e. The highest BCUT2D eigenvalue weighted by Gasteiger charge is 2.30. The van der Waals surface area contributed by atoms with Gasteiger partial charge in [0.2, 0.25) is 5.91 Å². The summed E-state index contributed by atoms with van der Waals surface area (Å²) in [6, 6.07) is 0. The number of hydrogen-bond acceptors (Lipinski definition) is 3. The molecule has 1 aliphatic rings. The normalized spacial score (nSPS) is 19.9. The van der Waals surface area contributed by atoms with Crippen LogP contribution in [0.5, 0.6) is 0 Å². The van der Waals surface area contributed by atoms with Gasteiger partial charge in [-0.25, -0.2) is 0 Å². The molecule has 5 nitrogen and oxygen atoms in total. The average molecular weight is 257 g/mol. The van der Waals surface area contributed by atoms with Crippen molar-refractivity contribution < 1.29 is 19.4 Å². The maximum Gasteiger partial charge on any atom is 0.305 e. The van der Waals surface area contributed by atoms with E-state index < -0.39 is 17.6 Å². The summed E-state index contributed by atoms with van der Waals surface area (Å²) in [6.45, 7) is 5.93. The van der Waals surface area contributed by atoms with Gasteiger partial charge in [-0.2, -0.15) is 0 Å². The molecular weight excluding hydrogens is 234 g/mol. The van der Waals surface area contributed by atoms with E-state index in [4.69, 9.17) is 9.84 Å². The fourth-order valence-electron chi connectivity index (χ4n) is 1.63. The van der Waals surface area contributed by atoms with Gasteiger partial charge < -0.3 is 15.2 Å². The topological polar surface area (TPSA) is 75.6 Å². The summed E-state index contributed by atoms with van der Waals surface area (Å²) in [6.07, 6.45) is 2.33. The summed E-state index contributed by atoms with van der Waals surface area (Å²) < 4.78 is 5.46. The number of carboxylic acids is 1. The molecule has 0 saturated heterocycles. The van der Waals surface area contributed by atoms with Crippen molar-refractivity contribution in [1.82, 2.24) is 5.32 Å². The van der Waals surface area contributed by atoms with Crippen LogP contribution >= 0.6 is 0 Å². The predicted octanol–water partition coefficient (Wildman–Crippen LogP) is 1.56. The largest absolute Gasteiger partial charge is 0.481 e. The Hall–Kier alpha value is -1.10. The van der Waals surface area contributed by atoms with Crippen LogP contribution < -0.4 is 5.32 Å². The Balaban J connectivity index is 2.41. The van der Waals surface area contributed by atoms with Gasteiger partial charge in [0.25, 0.3) is 0 Å². The summed E-state index contributed by atoms with van der Waals surface area (Å²) in [7, 11) is 0. The van der Waals surface area contributed by atoms with Crippen molar-refractivity contribution in [2.45, 2.75) is 58.1 Å². The van der Waals surface area contributed by atoms with Crippen LogP contribution in [0.2, 0.25) is 0 Å². The van der Waals surface area contributed by atoms with Gasteiger partial charge in [0.15, 0.2) is 0 Å². The molecule has 1 fully saturated rings. The fourth-order valence-corrected chi connectivity index (χ4v) is 1.63. The van der Waals surface area contributed by atoms with Gasteiger partial charge in [0, 0.05) is 5.54 Å². The lowest BCUT2D eigenvalue weighted by Crippen LogP contribution is -2.50. The lowest BCUT2D eigenvalue weighted by atomic mass is 9.94. The zero-order valence-corrected chi connectivity index (χ0v) is 11.4. The first-order valence-corrected chi connectivity index (χ1v) is 6.51. The molecule has 1 rings (SSSR count). The molecule has 0 aliphatic heterocycles. The lowest BCUT2D eigenvalue weighted by molar-refractivity contribution is -0.140. The van der Waals surface area contributed by atoms with Crippen molar-refractivity contribution >= 4 is 11.9 Å². The molecule has 0 bridgehead atoms. The standard InChI is InChI=1S/C13H23NO4/c1-4-13(3,7-11(15)16)14-12(17)9(2)18-8-10-5-6-10/h9-10H,4-8H2,1-3H3,(H,14,17)(H,15,16)/t9-,13-/m0/s1.